The standard InChI is InChI=1S/C14H12N2O4S4/c1-21-9-3-5-13(11(7-9)15(17)18)23-24-14-6-4-10(22-2)8-12(14)16(19)20/h3-8H,1-2H3. The van der Waals surface area contributed by atoms with Gasteiger partial charge in [-0.25, -0.2) is 0 Å². The second-order valence-electron chi connectivity index (χ2n) is 4.35. The zero-order valence-electron chi connectivity index (χ0n) is 12.6. The quantitative estimate of drug-likeness (QED) is 0.251. The summed E-state index contributed by atoms with van der Waals surface area (Å²) in [7, 11) is 2.29. The first-order chi connectivity index (χ1) is 11.5. The minimum Gasteiger partial charge on any atom is -0.258 e. The van der Waals surface area contributed by atoms with Crippen molar-refractivity contribution in [1.29, 1.82) is 0 Å². The lowest BCUT2D eigenvalue weighted by Gasteiger charge is -2.06. The van der Waals surface area contributed by atoms with Crippen LogP contribution in [0.25, 0.3) is 0 Å². The fraction of sp³-hybridized carbons (Fsp3) is 0.143. The number of benzene rings is 2. The van der Waals surface area contributed by atoms with Crippen molar-refractivity contribution in [3.8, 4) is 0 Å². The Bertz CT molecular complexity index is 720. The molecule has 0 radical (unpaired) electrons. The van der Waals surface area contributed by atoms with Crippen molar-refractivity contribution in [3.05, 3.63) is 56.6 Å². The van der Waals surface area contributed by atoms with Crippen molar-refractivity contribution in [1.82, 2.24) is 0 Å². The predicted octanol–water partition coefficient (Wildman–Crippen LogP) is 5.75. The van der Waals surface area contributed by atoms with E-state index >= 15 is 0 Å². The molecule has 0 aliphatic rings. The van der Waals surface area contributed by atoms with Gasteiger partial charge in [0.1, 0.15) is 0 Å². The van der Waals surface area contributed by atoms with E-state index in [9.17, 15) is 20.2 Å². The van der Waals surface area contributed by atoms with Crippen LogP contribution in [-0.4, -0.2) is 22.4 Å². The highest BCUT2D eigenvalue weighted by Gasteiger charge is 2.19. The third-order valence-corrected chi connectivity index (χ3v) is 6.86. The molecule has 0 saturated carbocycles. The third kappa shape index (κ3) is 4.59. The Kier molecular flexibility index (Phi) is 6.84. The van der Waals surface area contributed by atoms with Crippen LogP contribution in [-0.2, 0) is 0 Å². The molecule has 2 aromatic rings. The van der Waals surface area contributed by atoms with E-state index in [1.165, 1.54) is 35.7 Å². The Balaban J connectivity index is 2.28. The van der Waals surface area contributed by atoms with E-state index in [-0.39, 0.29) is 11.4 Å². The number of nitro benzene ring substituents is 2. The Hall–Kier alpha value is -1.36. The van der Waals surface area contributed by atoms with Gasteiger partial charge in [-0.2, -0.15) is 0 Å². The molecule has 126 valence electrons. The van der Waals surface area contributed by atoms with Crippen molar-refractivity contribution in [2.75, 3.05) is 12.5 Å². The Morgan fingerprint density at radius 2 is 1.12 bits per heavy atom. The van der Waals surface area contributed by atoms with Crippen LogP contribution in [0.3, 0.4) is 0 Å². The van der Waals surface area contributed by atoms with Crippen LogP contribution < -0.4 is 0 Å². The molecule has 0 saturated heterocycles. The number of rotatable bonds is 7. The Morgan fingerprint density at radius 1 is 0.750 bits per heavy atom. The SMILES string of the molecule is CSc1ccc(SSc2ccc(SC)cc2[N+](=O)[O-])c([N+](=O)[O-])c1. The highest BCUT2D eigenvalue weighted by Crippen LogP contribution is 2.45. The van der Waals surface area contributed by atoms with E-state index < -0.39 is 9.85 Å². The molecule has 0 atom stereocenters. The van der Waals surface area contributed by atoms with Crippen LogP contribution >= 0.6 is 45.1 Å². The highest BCUT2D eigenvalue weighted by molar-refractivity contribution is 8.76. The molecule has 6 nitrogen and oxygen atoms in total. The number of nitro groups is 2. The first kappa shape index (κ1) is 19.0. The van der Waals surface area contributed by atoms with Gasteiger partial charge < -0.3 is 0 Å². The largest absolute Gasteiger partial charge is 0.284 e. The normalized spacial score (nSPS) is 10.6. The molecule has 0 N–H and O–H groups in total. The van der Waals surface area contributed by atoms with Crippen molar-refractivity contribution < 1.29 is 9.85 Å². The average Bonchev–Trinajstić information content (AvgIpc) is 2.59. The lowest BCUT2D eigenvalue weighted by atomic mass is 10.3. The molecule has 0 aliphatic heterocycles. The van der Waals surface area contributed by atoms with Crippen LogP contribution in [0.4, 0.5) is 11.4 Å². The fourth-order valence-corrected chi connectivity index (χ4v) is 4.88. The molecule has 0 fully saturated rings. The number of nitrogens with zero attached hydrogens (tertiary/aromatic N) is 2. The van der Waals surface area contributed by atoms with Gasteiger partial charge in [0, 0.05) is 21.9 Å². The van der Waals surface area contributed by atoms with Crippen LogP contribution in [0.15, 0.2) is 56.0 Å². The van der Waals surface area contributed by atoms with Crippen LogP contribution in [0.2, 0.25) is 0 Å². The van der Waals surface area contributed by atoms with Gasteiger partial charge in [-0.05, 0) is 58.4 Å². The second-order valence-corrected chi connectivity index (χ2v) is 8.32. The van der Waals surface area contributed by atoms with Gasteiger partial charge in [-0.15, -0.1) is 23.5 Å². The summed E-state index contributed by atoms with van der Waals surface area (Å²) >= 11 is 2.84. The molecular weight excluding hydrogens is 388 g/mol. The maximum Gasteiger partial charge on any atom is 0.284 e. The smallest absolute Gasteiger partial charge is 0.258 e. The summed E-state index contributed by atoms with van der Waals surface area (Å²) in [5, 5.41) is 22.4. The van der Waals surface area contributed by atoms with Gasteiger partial charge in [0.15, 0.2) is 0 Å². The topological polar surface area (TPSA) is 86.3 Å². The van der Waals surface area contributed by atoms with Crippen molar-refractivity contribution in [3.63, 3.8) is 0 Å². The average molecular weight is 401 g/mol. The summed E-state index contributed by atoms with van der Waals surface area (Å²) < 4.78 is 0. The van der Waals surface area contributed by atoms with Gasteiger partial charge in [0.2, 0.25) is 0 Å². The number of hydrogen-bond acceptors (Lipinski definition) is 8. The zero-order valence-corrected chi connectivity index (χ0v) is 15.9. The maximum absolute atomic E-state index is 11.2. The van der Waals surface area contributed by atoms with Gasteiger partial charge in [-0.3, -0.25) is 20.2 Å². The van der Waals surface area contributed by atoms with Gasteiger partial charge in [-0.1, -0.05) is 0 Å². The molecule has 0 spiro atoms. The minimum absolute atomic E-state index is 0.00253. The van der Waals surface area contributed by atoms with E-state index in [1.807, 2.05) is 12.5 Å². The second kappa shape index (κ2) is 8.65. The molecule has 10 heteroatoms. The number of hydrogen-bond donors (Lipinski definition) is 0. The Morgan fingerprint density at radius 3 is 1.42 bits per heavy atom. The van der Waals surface area contributed by atoms with Crippen molar-refractivity contribution in [2.45, 2.75) is 19.6 Å². The molecule has 0 aliphatic carbocycles. The monoisotopic (exact) mass is 400 g/mol. The first-order valence-corrected chi connectivity index (χ1v) is 11.1. The summed E-state index contributed by atoms with van der Waals surface area (Å²) in [5.41, 5.74) is 0.00507. The molecule has 0 amide bonds. The molecule has 2 aromatic carbocycles. The summed E-state index contributed by atoms with van der Waals surface area (Å²) in [6.07, 6.45) is 3.69. The molecule has 2 rings (SSSR count). The molecule has 0 unspecified atom stereocenters. The third-order valence-electron chi connectivity index (χ3n) is 2.95. The maximum atomic E-state index is 11.2. The van der Waals surface area contributed by atoms with E-state index in [0.29, 0.717) is 9.79 Å². The lowest BCUT2D eigenvalue weighted by molar-refractivity contribution is -0.388. The first-order valence-electron chi connectivity index (χ1n) is 6.45. The fourth-order valence-electron chi connectivity index (χ4n) is 1.76. The predicted molar refractivity (Wildman–Crippen MR) is 101 cm³/mol. The van der Waals surface area contributed by atoms with E-state index in [1.54, 1.807) is 24.3 Å². The van der Waals surface area contributed by atoms with E-state index in [2.05, 4.69) is 0 Å². The van der Waals surface area contributed by atoms with Crippen LogP contribution in [0.1, 0.15) is 0 Å². The van der Waals surface area contributed by atoms with Crippen molar-refractivity contribution >= 4 is 56.5 Å². The summed E-state index contributed by atoms with van der Waals surface area (Å²) in [6.45, 7) is 0. The molecule has 0 bridgehead atoms. The molecular formula is C14H12N2O4S4. The summed E-state index contributed by atoms with van der Waals surface area (Å²) in [6, 6.07) is 9.96. The van der Waals surface area contributed by atoms with Crippen LogP contribution in [0.5, 0.6) is 0 Å². The van der Waals surface area contributed by atoms with Gasteiger partial charge in [0.25, 0.3) is 11.4 Å². The van der Waals surface area contributed by atoms with E-state index in [0.717, 1.165) is 31.4 Å². The highest BCUT2D eigenvalue weighted by atomic mass is 33.1. The Labute approximate surface area is 154 Å². The zero-order chi connectivity index (χ0) is 17.7. The van der Waals surface area contributed by atoms with E-state index in [4.69, 9.17) is 0 Å². The molecule has 0 aromatic heterocycles. The summed E-state index contributed by atoms with van der Waals surface area (Å²) in [4.78, 5) is 24.1. The van der Waals surface area contributed by atoms with Gasteiger partial charge >= 0.3 is 0 Å². The van der Waals surface area contributed by atoms with Gasteiger partial charge in [0.05, 0.1) is 19.6 Å². The van der Waals surface area contributed by atoms with Crippen molar-refractivity contribution in [2.24, 2.45) is 0 Å². The number of thioether (sulfide) groups is 2. The van der Waals surface area contributed by atoms with Crippen LogP contribution in [0, 0.1) is 20.2 Å². The lowest BCUT2D eigenvalue weighted by Crippen LogP contribution is -1.92. The minimum atomic E-state index is -0.437. The molecule has 24 heavy (non-hydrogen) atoms. The molecule has 0 heterocycles. The summed E-state index contributed by atoms with van der Waals surface area (Å²) in [5.74, 6) is 0.